The van der Waals surface area contributed by atoms with Crippen LogP contribution in [0.1, 0.15) is 59.9 Å². The average molecular weight is 305 g/mol. The predicted octanol–water partition coefficient (Wildman–Crippen LogP) is 2.72. The van der Waals surface area contributed by atoms with Gasteiger partial charge in [-0.25, -0.2) is 4.98 Å². The number of likely N-dealkylation sites (tertiary alicyclic amines) is 2. The highest BCUT2D eigenvalue weighted by atomic mass is 32.1. The highest BCUT2D eigenvalue weighted by Gasteiger charge is 2.36. The summed E-state index contributed by atoms with van der Waals surface area (Å²) in [5, 5.41) is 2.78. The number of aromatic nitrogens is 1. The van der Waals surface area contributed by atoms with Gasteiger partial charge in [0.15, 0.2) is 5.01 Å². The van der Waals surface area contributed by atoms with Crippen molar-refractivity contribution in [2.24, 2.45) is 0 Å². The normalized spacial score (nSPS) is 24.7. The third kappa shape index (κ3) is 2.86. The topological polar surface area (TPSA) is 36.4 Å². The Morgan fingerprint density at radius 2 is 1.86 bits per heavy atom. The molecule has 1 aromatic heterocycles. The molecule has 21 heavy (non-hydrogen) atoms. The number of amides is 1. The zero-order chi connectivity index (χ0) is 14.2. The molecule has 2 aliphatic heterocycles. The summed E-state index contributed by atoms with van der Waals surface area (Å²) in [5.74, 6) is 0.794. The van der Waals surface area contributed by atoms with Gasteiger partial charge in [0.1, 0.15) is 0 Å². The fourth-order valence-corrected chi connectivity index (χ4v) is 4.26. The van der Waals surface area contributed by atoms with Gasteiger partial charge in [-0.2, -0.15) is 0 Å². The number of thiazole rings is 1. The van der Waals surface area contributed by atoms with Crippen LogP contribution in [0.5, 0.6) is 0 Å². The number of nitrogens with zero attached hydrogens (tertiary/aromatic N) is 3. The number of hydrogen-bond acceptors (Lipinski definition) is 4. The van der Waals surface area contributed by atoms with E-state index in [1.165, 1.54) is 63.0 Å². The van der Waals surface area contributed by atoms with Crippen LogP contribution in [0.4, 0.5) is 0 Å². The van der Waals surface area contributed by atoms with E-state index >= 15 is 0 Å². The lowest BCUT2D eigenvalue weighted by molar-refractivity contribution is 0.0274. The van der Waals surface area contributed by atoms with Gasteiger partial charge in [0.05, 0.1) is 5.69 Å². The second-order valence-corrected chi connectivity index (χ2v) is 7.52. The van der Waals surface area contributed by atoms with Gasteiger partial charge in [0.25, 0.3) is 5.91 Å². The van der Waals surface area contributed by atoms with E-state index in [1.807, 2.05) is 4.90 Å². The molecule has 0 aromatic carbocycles. The largest absolute Gasteiger partial charge is 0.333 e. The quantitative estimate of drug-likeness (QED) is 0.861. The van der Waals surface area contributed by atoms with Crippen LogP contribution in [0, 0.1) is 0 Å². The van der Waals surface area contributed by atoms with Crippen LogP contribution in [0.3, 0.4) is 0 Å². The second-order valence-electron chi connectivity index (χ2n) is 6.67. The van der Waals surface area contributed by atoms with Crippen molar-refractivity contribution >= 4 is 17.2 Å². The van der Waals surface area contributed by atoms with Crippen molar-refractivity contribution in [1.29, 1.82) is 0 Å². The van der Waals surface area contributed by atoms with Crippen LogP contribution in [0.15, 0.2) is 5.38 Å². The summed E-state index contributed by atoms with van der Waals surface area (Å²) < 4.78 is 0. The lowest BCUT2D eigenvalue weighted by atomic mass is 10.1. The Bertz CT molecular complexity index is 511. The molecule has 0 unspecified atom stereocenters. The minimum Gasteiger partial charge on any atom is -0.333 e. The maximum atomic E-state index is 12.4. The van der Waals surface area contributed by atoms with E-state index in [4.69, 9.17) is 0 Å². The average Bonchev–Trinajstić information content (AvgIpc) is 3.22. The van der Waals surface area contributed by atoms with Crippen LogP contribution >= 0.6 is 11.3 Å². The molecular formula is C16H23N3OS. The Balaban J connectivity index is 1.32. The Morgan fingerprint density at radius 3 is 2.52 bits per heavy atom. The molecule has 0 N–H and O–H groups in total. The van der Waals surface area contributed by atoms with E-state index in [-0.39, 0.29) is 5.91 Å². The maximum Gasteiger partial charge on any atom is 0.282 e. The summed E-state index contributed by atoms with van der Waals surface area (Å²) in [6.45, 7) is 4.24. The third-order valence-electron chi connectivity index (χ3n) is 5.01. The molecule has 3 fully saturated rings. The zero-order valence-electron chi connectivity index (χ0n) is 12.5. The molecule has 1 amide bonds. The van der Waals surface area contributed by atoms with Gasteiger partial charge in [-0.3, -0.25) is 9.69 Å². The van der Waals surface area contributed by atoms with Crippen LogP contribution < -0.4 is 0 Å². The summed E-state index contributed by atoms with van der Waals surface area (Å²) in [4.78, 5) is 21.5. The van der Waals surface area contributed by atoms with Gasteiger partial charge in [0.2, 0.25) is 0 Å². The van der Waals surface area contributed by atoms with Crippen LogP contribution in [0.2, 0.25) is 0 Å². The zero-order valence-corrected chi connectivity index (χ0v) is 13.3. The van der Waals surface area contributed by atoms with Crippen LogP contribution in [0.25, 0.3) is 0 Å². The molecule has 5 heteroatoms. The molecule has 0 radical (unpaired) electrons. The highest BCUT2D eigenvalue weighted by Crippen LogP contribution is 2.40. The third-order valence-corrected chi connectivity index (χ3v) is 5.86. The van der Waals surface area contributed by atoms with Crippen molar-refractivity contribution in [3.63, 3.8) is 0 Å². The van der Waals surface area contributed by atoms with Crippen molar-refractivity contribution < 1.29 is 4.79 Å². The predicted molar refractivity (Wildman–Crippen MR) is 83.8 cm³/mol. The Hall–Kier alpha value is -0.940. The van der Waals surface area contributed by atoms with Crippen molar-refractivity contribution in [3.05, 3.63) is 16.1 Å². The van der Waals surface area contributed by atoms with Crippen molar-refractivity contribution in [3.8, 4) is 0 Å². The Morgan fingerprint density at radius 1 is 1.14 bits per heavy atom. The molecule has 3 aliphatic rings. The molecule has 4 rings (SSSR count). The van der Waals surface area contributed by atoms with E-state index in [0.29, 0.717) is 17.0 Å². The molecule has 114 valence electrons. The van der Waals surface area contributed by atoms with Gasteiger partial charge < -0.3 is 4.90 Å². The molecule has 4 nitrogen and oxygen atoms in total. The van der Waals surface area contributed by atoms with E-state index in [1.54, 1.807) is 0 Å². The molecule has 2 saturated heterocycles. The van der Waals surface area contributed by atoms with Crippen molar-refractivity contribution in [1.82, 2.24) is 14.8 Å². The fourth-order valence-electron chi connectivity index (χ4n) is 3.40. The lowest BCUT2D eigenvalue weighted by Crippen LogP contribution is -2.61. The standard InChI is InChI=1S/C16H23N3OS/c20-16(15-17-14(11-21-15)12-5-6-12)19-9-13(10-19)18-7-3-1-2-4-8-18/h11-13H,1-10H2. The first-order valence-corrected chi connectivity index (χ1v) is 9.18. The minimum atomic E-state index is 0.151. The van der Waals surface area contributed by atoms with E-state index in [0.717, 1.165) is 18.8 Å². The summed E-state index contributed by atoms with van der Waals surface area (Å²) in [6.07, 6.45) is 7.88. The first-order valence-electron chi connectivity index (χ1n) is 8.30. The van der Waals surface area contributed by atoms with Crippen LogP contribution in [-0.2, 0) is 0 Å². The molecule has 1 saturated carbocycles. The molecule has 0 bridgehead atoms. The number of carbonyl (C=O) groups is 1. The van der Waals surface area contributed by atoms with Gasteiger partial charge in [-0.1, -0.05) is 12.8 Å². The van der Waals surface area contributed by atoms with E-state index < -0.39 is 0 Å². The van der Waals surface area contributed by atoms with Gasteiger partial charge >= 0.3 is 0 Å². The highest BCUT2D eigenvalue weighted by molar-refractivity contribution is 7.11. The van der Waals surface area contributed by atoms with Crippen molar-refractivity contribution in [2.45, 2.75) is 50.5 Å². The molecule has 1 aliphatic carbocycles. The summed E-state index contributed by atoms with van der Waals surface area (Å²) in [7, 11) is 0. The fraction of sp³-hybridized carbons (Fsp3) is 0.750. The molecular weight excluding hydrogens is 282 g/mol. The first kappa shape index (κ1) is 13.7. The lowest BCUT2D eigenvalue weighted by Gasteiger charge is -2.44. The summed E-state index contributed by atoms with van der Waals surface area (Å²) in [5.41, 5.74) is 1.15. The summed E-state index contributed by atoms with van der Waals surface area (Å²) in [6, 6.07) is 0.593. The minimum absolute atomic E-state index is 0.151. The van der Waals surface area contributed by atoms with Crippen molar-refractivity contribution in [2.75, 3.05) is 26.2 Å². The first-order chi connectivity index (χ1) is 10.3. The Labute approximate surface area is 130 Å². The van der Waals surface area contributed by atoms with E-state index in [9.17, 15) is 4.79 Å². The van der Waals surface area contributed by atoms with Gasteiger partial charge in [-0.05, 0) is 38.8 Å². The SMILES string of the molecule is O=C(c1nc(C2CC2)cs1)N1CC(N2CCCCCC2)C1. The molecule has 1 aromatic rings. The summed E-state index contributed by atoms with van der Waals surface area (Å²) >= 11 is 1.53. The van der Waals surface area contributed by atoms with E-state index in [2.05, 4.69) is 15.3 Å². The number of carbonyl (C=O) groups excluding carboxylic acids is 1. The Kier molecular flexibility index (Phi) is 3.71. The van der Waals surface area contributed by atoms with Gasteiger partial charge in [0, 0.05) is 30.4 Å². The number of rotatable bonds is 3. The molecule has 0 spiro atoms. The molecule has 3 heterocycles. The number of hydrogen-bond donors (Lipinski definition) is 0. The molecule has 0 atom stereocenters. The second kappa shape index (κ2) is 5.69. The van der Waals surface area contributed by atoms with Gasteiger partial charge in [-0.15, -0.1) is 11.3 Å². The maximum absolute atomic E-state index is 12.4. The smallest absolute Gasteiger partial charge is 0.282 e. The van der Waals surface area contributed by atoms with Crippen LogP contribution in [-0.4, -0.2) is 52.9 Å². The monoisotopic (exact) mass is 305 g/mol.